The molecule has 2 rings (SSSR count). The Morgan fingerprint density at radius 3 is 2.67 bits per heavy atom. The van der Waals surface area contributed by atoms with E-state index in [0.717, 1.165) is 22.4 Å². The number of rotatable bonds is 4. The second kappa shape index (κ2) is 5.64. The van der Waals surface area contributed by atoms with Crippen molar-refractivity contribution in [2.24, 2.45) is 5.84 Å². The number of halogens is 1. The maximum Gasteiger partial charge on any atom is 0.148 e. The summed E-state index contributed by atoms with van der Waals surface area (Å²) < 4.78 is 1.10. The van der Waals surface area contributed by atoms with Gasteiger partial charge >= 0.3 is 0 Å². The van der Waals surface area contributed by atoms with E-state index in [1.807, 2.05) is 13.8 Å². The first kappa shape index (κ1) is 13.3. The third kappa shape index (κ3) is 2.98. The van der Waals surface area contributed by atoms with Crippen LogP contribution in [0, 0.1) is 13.8 Å². The predicted octanol–water partition coefficient (Wildman–Crippen LogP) is 2.82. The zero-order chi connectivity index (χ0) is 13.1. The van der Waals surface area contributed by atoms with Crippen LogP contribution in [0.15, 0.2) is 15.9 Å². The normalized spacial score (nSPS) is 10.4. The van der Waals surface area contributed by atoms with Gasteiger partial charge in [-0.15, -0.1) is 11.3 Å². The Morgan fingerprint density at radius 2 is 2.06 bits per heavy atom. The summed E-state index contributed by atoms with van der Waals surface area (Å²) >= 11 is 5.13. The molecule has 0 aliphatic rings. The van der Waals surface area contributed by atoms with Gasteiger partial charge in [0.05, 0.1) is 6.54 Å². The summed E-state index contributed by atoms with van der Waals surface area (Å²) in [5, 5.41) is 5.36. The van der Waals surface area contributed by atoms with Crippen LogP contribution in [0.5, 0.6) is 0 Å². The Balaban J connectivity index is 2.16. The quantitative estimate of drug-likeness (QED) is 0.594. The molecule has 0 amide bonds. The van der Waals surface area contributed by atoms with Crippen LogP contribution in [0.3, 0.4) is 0 Å². The van der Waals surface area contributed by atoms with Gasteiger partial charge in [0.15, 0.2) is 0 Å². The molecule has 2 aromatic heterocycles. The molecule has 0 aliphatic carbocycles. The highest BCUT2D eigenvalue weighted by atomic mass is 79.9. The van der Waals surface area contributed by atoms with E-state index in [0.29, 0.717) is 11.6 Å². The van der Waals surface area contributed by atoms with Crippen LogP contribution in [-0.4, -0.2) is 9.97 Å². The summed E-state index contributed by atoms with van der Waals surface area (Å²) in [6, 6.07) is 2.09. The van der Waals surface area contributed by atoms with Crippen molar-refractivity contribution in [3.63, 3.8) is 0 Å². The number of nitrogens with zero attached hydrogens (tertiary/aromatic N) is 2. The lowest BCUT2D eigenvalue weighted by Gasteiger charge is -2.11. The van der Waals surface area contributed by atoms with Gasteiger partial charge in [-0.3, -0.25) is 0 Å². The molecule has 18 heavy (non-hydrogen) atoms. The molecule has 2 aromatic rings. The number of hydrogen-bond donors (Lipinski definition) is 3. The molecule has 7 heteroatoms. The Labute approximate surface area is 118 Å². The zero-order valence-electron chi connectivity index (χ0n) is 10.1. The number of hydrazine groups is 1. The number of aryl methyl sites for hydroxylation is 1. The molecule has 96 valence electrons. The number of anilines is 2. The maximum atomic E-state index is 5.43. The molecule has 0 aliphatic heterocycles. The average molecular weight is 328 g/mol. The summed E-state index contributed by atoms with van der Waals surface area (Å²) in [5.41, 5.74) is 3.50. The van der Waals surface area contributed by atoms with Crippen LogP contribution in [0.1, 0.15) is 16.3 Å². The van der Waals surface area contributed by atoms with Gasteiger partial charge in [0.2, 0.25) is 0 Å². The smallest absolute Gasteiger partial charge is 0.148 e. The lowest BCUT2D eigenvalue weighted by Crippen LogP contribution is -2.13. The topological polar surface area (TPSA) is 75.9 Å². The highest BCUT2D eigenvalue weighted by Crippen LogP contribution is 2.23. The Kier molecular flexibility index (Phi) is 4.15. The first-order valence-corrected chi connectivity index (χ1v) is 7.06. The monoisotopic (exact) mass is 327 g/mol. The zero-order valence-corrected chi connectivity index (χ0v) is 12.5. The largest absolute Gasteiger partial charge is 0.365 e. The molecule has 0 atom stereocenters. The average Bonchev–Trinajstić information content (AvgIpc) is 2.75. The van der Waals surface area contributed by atoms with Crippen molar-refractivity contribution in [1.29, 1.82) is 0 Å². The lowest BCUT2D eigenvalue weighted by molar-refractivity contribution is 1.00. The predicted molar refractivity (Wildman–Crippen MR) is 78.7 cm³/mol. The highest BCUT2D eigenvalue weighted by Gasteiger charge is 2.08. The molecule has 0 aromatic carbocycles. The fraction of sp³-hybridized carbons (Fsp3) is 0.273. The summed E-state index contributed by atoms with van der Waals surface area (Å²) in [7, 11) is 0. The fourth-order valence-corrected chi connectivity index (χ4v) is 2.95. The van der Waals surface area contributed by atoms with Gasteiger partial charge in [0, 0.05) is 20.3 Å². The maximum absolute atomic E-state index is 5.43. The van der Waals surface area contributed by atoms with E-state index in [1.54, 1.807) is 11.3 Å². The van der Waals surface area contributed by atoms with Crippen molar-refractivity contribution < 1.29 is 0 Å². The molecular weight excluding hydrogens is 314 g/mol. The van der Waals surface area contributed by atoms with Crippen LogP contribution in [0.25, 0.3) is 0 Å². The van der Waals surface area contributed by atoms with E-state index in [9.17, 15) is 0 Å². The Hall–Kier alpha value is -1.18. The fourth-order valence-electron chi connectivity index (χ4n) is 1.56. The van der Waals surface area contributed by atoms with E-state index < -0.39 is 0 Å². The van der Waals surface area contributed by atoms with Crippen molar-refractivity contribution in [1.82, 2.24) is 9.97 Å². The molecule has 2 heterocycles. The van der Waals surface area contributed by atoms with Gasteiger partial charge in [0.25, 0.3) is 0 Å². The lowest BCUT2D eigenvalue weighted by atomic mass is 10.3. The van der Waals surface area contributed by atoms with Gasteiger partial charge in [-0.1, -0.05) is 0 Å². The SMILES string of the molecule is Cc1nc(NN)c(C)c(NCc2cc(Br)cs2)n1. The molecule has 0 saturated carbocycles. The Morgan fingerprint density at radius 1 is 1.33 bits per heavy atom. The Bertz CT molecular complexity index is 554. The molecule has 0 saturated heterocycles. The summed E-state index contributed by atoms with van der Waals surface area (Å²) in [6.45, 7) is 4.51. The highest BCUT2D eigenvalue weighted by molar-refractivity contribution is 9.10. The number of nitrogen functional groups attached to an aromatic ring is 1. The van der Waals surface area contributed by atoms with E-state index in [4.69, 9.17) is 5.84 Å². The van der Waals surface area contributed by atoms with Crippen molar-refractivity contribution in [3.8, 4) is 0 Å². The van der Waals surface area contributed by atoms with E-state index >= 15 is 0 Å². The summed E-state index contributed by atoms with van der Waals surface area (Å²) in [6.07, 6.45) is 0. The third-order valence-electron chi connectivity index (χ3n) is 2.45. The van der Waals surface area contributed by atoms with Gasteiger partial charge in [-0.05, 0) is 35.8 Å². The van der Waals surface area contributed by atoms with Gasteiger partial charge < -0.3 is 10.7 Å². The molecular formula is C11H14BrN5S. The van der Waals surface area contributed by atoms with Crippen LogP contribution >= 0.6 is 27.3 Å². The standard InChI is InChI=1S/C11H14BrN5S/c1-6-10(15-7(2)16-11(6)17-13)14-4-9-3-8(12)5-18-9/h3,5H,4,13H2,1-2H3,(H2,14,15,16,17). The van der Waals surface area contributed by atoms with Crippen molar-refractivity contribution in [2.75, 3.05) is 10.7 Å². The van der Waals surface area contributed by atoms with E-state index in [1.165, 1.54) is 4.88 Å². The van der Waals surface area contributed by atoms with Crippen LogP contribution in [-0.2, 0) is 6.54 Å². The van der Waals surface area contributed by atoms with Crippen molar-refractivity contribution in [3.05, 3.63) is 32.2 Å². The molecule has 0 bridgehead atoms. The number of aromatic nitrogens is 2. The molecule has 0 spiro atoms. The van der Waals surface area contributed by atoms with E-state index in [2.05, 4.69) is 48.1 Å². The van der Waals surface area contributed by atoms with Crippen LogP contribution in [0.2, 0.25) is 0 Å². The molecule has 0 unspecified atom stereocenters. The number of hydrogen-bond acceptors (Lipinski definition) is 6. The van der Waals surface area contributed by atoms with Crippen molar-refractivity contribution >= 4 is 38.9 Å². The minimum absolute atomic E-state index is 0.650. The van der Waals surface area contributed by atoms with E-state index in [-0.39, 0.29) is 0 Å². The number of nitrogens with one attached hydrogen (secondary N) is 2. The molecule has 4 N–H and O–H groups in total. The van der Waals surface area contributed by atoms with Gasteiger partial charge in [0.1, 0.15) is 17.5 Å². The van der Waals surface area contributed by atoms with Crippen LogP contribution in [0.4, 0.5) is 11.6 Å². The molecule has 5 nitrogen and oxygen atoms in total. The van der Waals surface area contributed by atoms with Gasteiger partial charge in [-0.25, -0.2) is 15.8 Å². The summed E-state index contributed by atoms with van der Waals surface area (Å²) in [4.78, 5) is 9.83. The van der Waals surface area contributed by atoms with Crippen molar-refractivity contribution in [2.45, 2.75) is 20.4 Å². The number of nitrogens with two attached hydrogens (primary N) is 1. The number of thiophene rings is 1. The molecule has 0 radical (unpaired) electrons. The second-order valence-corrected chi connectivity index (χ2v) is 5.73. The first-order chi connectivity index (χ1) is 8.60. The second-order valence-electron chi connectivity index (χ2n) is 3.82. The summed E-state index contributed by atoms with van der Waals surface area (Å²) in [5.74, 6) is 7.57. The molecule has 0 fully saturated rings. The first-order valence-electron chi connectivity index (χ1n) is 5.39. The minimum atomic E-state index is 0.650. The van der Waals surface area contributed by atoms with Crippen LogP contribution < -0.4 is 16.6 Å². The third-order valence-corrected chi connectivity index (χ3v) is 4.14. The van der Waals surface area contributed by atoms with Gasteiger partial charge in [-0.2, -0.15) is 0 Å². The minimum Gasteiger partial charge on any atom is -0.365 e.